The highest BCUT2D eigenvalue weighted by molar-refractivity contribution is 7.10. The lowest BCUT2D eigenvalue weighted by molar-refractivity contribution is -0.143. The SMILES string of the molecule is CCCCN(CC(C)C(=O)O)C(=O)Cc1cccs1. The number of rotatable bonds is 8. The standard InChI is InChI=1S/C14H21NO3S/c1-3-4-7-15(10-11(2)14(17)18)13(16)9-12-6-5-8-19-12/h5-6,8,11H,3-4,7,9-10H2,1-2H3,(H,17,18). The fourth-order valence-corrected chi connectivity index (χ4v) is 2.45. The third-order valence-electron chi connectivity index (χ3n) is 2.96. The Morgan fingerprint density at radius 2 is 2.21 bits per heavy atom. The molecule has 1 unspecified atom stereocenters. The van der Waals surface area contributed by atoms with Gasteiger partial charge in [-0.1, -0.05) is 26.3 Å². The average Bonchev–Trinajstić information content (AvgIpc) is 2.86. The predicted molar refractivity (Wildman–Crippen MR) is 76.3 cm³/mol. The van der Waals surface area contributed by atoms with Crippen LogP contribution in [0.1, 0.15) is 31.6 Å². The zero-order valence-electron chi connectivity index (χ0n) is 11.5. The molecule has 106 valence electrons. The molecule has 0 aliphatic carbocycles. The molecule has 0 aromatic carbocycles. The number of carboxylic acids is 1. The number of thiophene rings is 1. The van der Waals surface area contributed by atoms with Gasteiger partial charge in [-0.15, -0.1) is 11.3 Å². The van der Waals surface area contributed by atoms with Crippen molar-refractivity contribution in [2.24, 2.45) is 5.92 Å². The molecule has 0 saturated heterocycles. The van der Waals surface area contributed by atoms with Crippen LogP contribution in [0.25, 0.3) is 0 Å². The number of carbonyl (C=O) groups excluding carboxylic acids is 1. The molecule has 1 aromatic heterocycles. The highest BCUT2D eigenvalue weighted by atomic mass is 32.1. The number of carboxylic acid groups (broad SMARTS) is 1. The molecule has 4 nitrogen and oxygen atoms in total. The van der Waals surface area contributed by atoms with Crippen molar-refractivity contribution in [2.75, 3.05) is 13.1 Å². The van der Waals surface area contributed by atoms with Crippen molar-refractivity contribution in [2.45, 2.75) is 33.1 Å². The first-order valence-electron chi connectivity index (χ1n) is 6.57. The summed E-state index contributed by atoms with van der Waals surface area (Å²) in [6, 6.07) is 3.85. The van der Waals surface area contributed by atoms with E-state index in [4.69, 9.17) is 5.11 Å². The van der Waals surface area contributed by atoms with Gasteiger partial charge in [0.15, 0.2) is 0 Å². The summed E-state index contributed by atoms with van der Waals surface area (Å²) >= 11 is 1.55. The minimum absolute atomic E-state index is 0.0176. The molecule has 5 heteroatoms. The monoisotopic (exact) mass is 283 g/mol. The Morgan fingerprint density at radius 1 is 1.47 bits per heavy atom. The van der Waals surface area contributed by atoms with Crippen LogP contribution >= 0.6 is 11.3 Å². The molecular formula is C14H21NO3S. The normalized spacial score (nSPS) is 12.1. The molecule has 1 atom stereocenters. The average molecular weight is 283 g/mol. The number of nitrogens with zero attached hydrogens (tertiary/aromatic N) is 1. The van der Waals surface area contributed by atoms with Crippen molar-refractivity contribution < 1.29 is 14.7 Å². The van der Waals surface area contributed by atoms with Crippen molar-refractivity contribution in [1.29, 1.82) is 0 Å². The van der Waals surface area contributed by atoms with Crippen LogP contribution in [0.15, 0.2) is 17.5 Å². The molecule has 0 saturated carbocycles. The van der Waals surface area contributed by atoms with Gasteiger partial charge in [-0.2, -0.15) is 0 Å². The van der Waals surface area contributed by atoms with Crippen molar-refractivity contribution in [1.82, 2.24) is 4.90 Å². The van der Waals surface area contributed by atoms with Crippen molar-refractivity contribution in [3.05, 3.63) is 22.4 Å². The highest BCUT2D eigenvalue weighted by Crippen LogP contribution is 2.12. The first-order chi connectivity index (χ1) is 9.04. The highest BCUT2D eigenvalue weighted by Gasteiger charge is 2.20. The van der Waals surface area contributed by atoms with E-state index in [0.29, 0.717) is 19.5 Å². The fourth-order valence-electron chi connectivity index (χ4n) is 1.75. The summed E-state index contributed by atoms with van der Waals surface area (Å²) in [6.07, 6.45) is 2.26. The van der Waals surface area contributed by atoms with Crippen LogP contribution in [-0.4, -0.2) is 35.0 Å². The maximum absolute atomic E-state index is 12.2. The van der Waals surface area contributed by atoms with Crippen LogP contribution in [0.2, 0.25) is 0 Å². The number of aliphatic carboxylic acids is 1. The number of amides is 1. The lowest BCUT2D eigenvalue weighted by Gasteiger charge is -2.24. The summed E-state index contributed by atoms with van der Waals surface area (Å²) in [7, 11) is 0. The second-order valence-corrected chi connectivity index (χ2v) is 5.72. The Bertz CT molecular complexity index is 403. The Balaban J connectivity index is 2.61. The molecule has 0 bridgehead atoms. The molecule has 1 rings (SSSR count). The number of hydrogen-bond acceptors (Lipinski definition) is 3. The van der Waals surface area contributed by atoms with Gasteiger partial charge in [0.25, 0.3) is 0 Å². The molecule has 0 radical (unpaired) electrons. The van der Waals surface area contributed by atoms with Gasteiger partial charge in [-0.05, 0) is 17.9 Å². The van der Waals surface area contributed by atoms with Gasteiger partial charge >= 0.3 is 5.97 Å². The number of carbonyl (C=O) groups is 2. The number of hydrogen-bond donors (Lipinski definition) is 1. The molecule has 1 amide bonds. The first-order valence-corrected chi connectivity index (χ1v) is 7.45. The van der Waals surface area contributed by atoms with Crippen LogP contribution in [-0.2, 0) is 16.0 Å². The quantitative estimate of drug-likeness (QED) is 0.798. The van der Waals surface area contributed by atoms with Crippen molar-refractivity contribution in [3.8, 4) is 0 Å². The van der Waals surface area contributed by atoms with E-state index < -0.39 is 11.9 Å². The lowest BCUT2D eigenvalue weighted by Crippen LogP contribution is -2.38. The summed E-state index contributed by atoms with van der Waals surface area (Å²) in [5.41, 5.74) is 0. The van der Waals surface area contributed by atoms with Gasteiger partial charge in [0.05, 0.1) is 12.3 Å². The Morgan fingerprint density at radius 3 is 2.74 bits per heavy atom. The molecule has 0 fully saturated rings. The molecule has 0 aliphatic rings. The molecule has 0 aliphatic heterocycles. The molecule has 1 N–H and O–H groups in total. The smallest absolute Gasteiger partial charge is 0.308 e. The zero-order valence-corrected chi connectivity index (χ0v) is 12.3. The van der Waals surface area contributed by atoms with Gasteiger partial charge < -0.3 is 10.0 Å². The van der Waals surface area contributed by atoms with E-state index in [2.05, 4.69) is 6.92 Å². The first kappa shape index (κ1) is 15.7. The third kappa shape index (κ3) is 5.42. The van der Waals surface area contributed by atoms with E-state index in [1.165, 1.54) is 0 Å². The summed E-state index contributed by atoms with van der Waals surface area (Å²) in [5, 5.41) is 10.9. The van der Waals surface area contributed by atoms with E-state index in [1.807, 2.05) is 17.5 Å². The topological polar surface area (TPSA) is 57.6 Å². The predicted octanol–water partition coefficient (Wildman–Crippen LogP) is 2.64. The molecule has 1 heterocycles. The van der Waals surface area contributed by atoms with Gasteiger partial charge in [0.2, 0.25) is 5.91 Å². The minimum atomic E-state index is -0.856. The minimum Gasteiger partial charge on any atom is -0.481 e. The third-order valence-corrected chi connectivity index (χ3v) is 3.83. The van der Waals surface area contributed by atoms with Crippen LogP contribution in [0, 0.1) is 5.92 Å². The van der Waals surface area contributed by atoms with E-state index in [1.54, 1.807) is 23.2 Å². The molecule has 0 spiro atoms. The fraction of sp³-hybridized carbons (Fsp3) is 0.571. The van der Waals surface area contributed by atoms with E-state index in [9.17, 15) is 9.59 Å². The maximum atomic E-state index is 12.2. The van der Waals surface area contributed by atoms with Gasteiger partial charge in [0.1, 0.15) is 0 Å². The zero-order chi connectivity index (χ0) is 14.3. The lowest BCUT2D eigenvalue weighted by atomic mass is 10.1. The van der Waals surface area contributed by atoms with Gasteiger partial charge in [-0.25, -0.2) is 0 Å². The van der Waals surface area contributed by atoms with E-state index in [0.717, 1.165) is 17.7 Å². The summed E-state index contributed by atoms with van der Waals surface area (Å²) in [6.45, 7) is 4.63. The maximum Gasteiger partial charge on any atom is 0.308 e. The Labute approximate surface area is 118 Å². The summed E-state index contributed by atoms with van der Waals surface area (Å²) in [5.74, 6) is -1.36. The Hall–Kier alpha value is -1.36. The molecule has 1 aromatic rings. The van der Waals surface area contributed by atoms with Crippen LogP contribution in [0.5, 0.6) is 0 Å². The Kier molecular flexibility index (Phi) is 6.56. The van der Waals surface area contributed by atoms with Crippen molar-refractivity contribution in [3.63, 3.8) is 0 Å². The van der Waals surface area contributed by atoms with Gasteiger partial charge in [0, 0.05) is 18.0 Å². The van der Waals surface area contributed by atoms with Crippen LogP contribution in [0.4, 0.5) is 0 Å². The van der Waals surface area contributed by atoms with Crippen molar-refractivity contribution >= 4 is 23.2 Å². The largest absolute Gasteiger partial charge is 0.481 e. The molecule has 19 heavy (non-hydrogen) atoms. The molecular weight excluding hydrogens is 262 g/mol. The second kappa shape index (κ2) is 7.94. The van der Waals surface area contributed by atoms with E-state index >= 15 is 0 Å². The summed E-state index contributed by atoms with van der Waals surface area (Å²) < 4.78 is 0. The van der Waals surface area contributed by atoms with E-state index in [-0.39, 0.29) is 5.91 Å². The second-order valence-electron chi connectivity index (χ2n) is 4.69. The van der Waals surface area contributed by atoms with Gasteiger partial charge in [-0.3, -0.25) is 9.59 Å². The number of unbranched alkanes of at least 4 members (excludes halogenated alkanes) is 1. The van der Waals surface area contributed by atoms with Crippen LogP contribution < -0.4 is 0 Å². The summed E-state index contributed by atoms with van der Waals surface area (Å²) in [4.78, 5) is 25.8. The van der Waals surface area contributed by atoms with Crippen LogP contribution in [0.3, 0.4) is 0 Å².